The molecule has 0 aromatic heterocycles. The van der Waals surface area contributed by atoms with E-state index in [1.807, 2.05) is 18.2 Å². The number of benzene rings is 2. The van der Waals surface area contributed by atoms with Crippen molar-refractivity contribution in [3.05, 3.63) is 48.0 Å². The van der Waals surface area contributed by atoms with E-state index < -0.39 is 5.97 Å². The van der Waals surface area contributed by atoms with Crippen molar-refractivity contribution in [2.24, 2.45) is 0 Å². The monoisotopic (exact) mass is 244 g/mol. The molecule has 92 valence electrons. The highest BCUT2D eigenvalue weighted by atomic mass is 16.5. The van der Waals surface area contributed by atoms with Crippen molar-refractivity contribution < 1.29 is 14.6 Å². The van der Waals surface area contributed by atoms with Crippen LogP contribution in [0.2, 0.25) is 0 Å². The summed E-state index contributed by atoms with van der Waals surface area (Å²) in [6.45, 7) is 0. The Labute approximate surface area is 104 Å². The van der Waals surface area contributed by atoms with Gasteiger partial charge in [-0.3, -0.25) is 0 Å². The summed E-state index contributed by atoms with van der Waals surface area (Å²) in [5.41, 5.74) is 11.9. The molecule has 2 rings (SSSR count). The highest BCUT2D eigenvalue weighted by molar-refractivity contribution is 5.91. The van der Waals surface area contributed by atoms with Gasteiger partial charge < -0.3 is 21.3 Å². The van der Waals surface area contributed by atoms with E-state index in [0.717, 1.165) is 0 Å². The normalized spacial score (nSPS) is 10.0. The van der Waals surface area contributed by atoms with Gasteiger partial charge in [0, 0.05) is 0 Å². The summed E-state index contributed by atoms with van der Waals surface area (Å²) >= 11 is 0. The number of hydrogen-bond acceptors (Lipinski definition) is 4. The number of carboxylic acid groups (broad SMARTS) is 1. The Kier molecular flexibility index (Phi) is 3.05. The van der Waals surface area contributed by atoms with E-state index in [2.05, 4.69) is 0 Å². The maximum Gasteiger partial charge on any atom is 0.335 e. The number of hydrogen-bond donors (Lipinski definition) is 3. The molecule has 0 saturated carbocycles. The predicted octanol–water partition coefficient (Wildman–Crippen LogP) is 2.34. The molecule has 5 heteroatoms. The fourth-order valence-corrected chi connectivity index (χ4v) is 1.52. The number of aromatic carboxylic acids is 1. The van der Waals surface area contributed by atoms with Crippen molar-refractivity contribution in [3.63, 3.8) is 0 Å². The Balaban J connectivity index is 2.37. The molecule has 0 bridgehead atoms. The molecule has 0 spiro atoms. The van der Waals surface area contributed by atoms with E-state index in [1.165, 1.54) is 12.1 Å². The van der Waals surface area contributed by atoms with Crippen molar-refractivity contribution in [3.8, 4) is 11.5 Å². The average molecular weight is 244 g/mol. The first-order valence-electron chi connectivity index (χ1n) is 5.23. The molecular weight excluding hydrogens is 232 g/mol. The molecule has 0 aliphatic heterocycles. The van der Waals surface area contributed by atoms with E-state index in [4.69, 9.17) is 21.3 Å². The molecule has 0 radical (unpaired) electrons. The van der Waals surface area contributed by atoms with Gasteiger partial charge in [-0.2, -0.15) is 0 Å². The third kappa shape index (κ3) is 2.35. The maximum absolute atomic E-state index is 10.8. The Morgan fingerprint density at radius 2 is 1.61 bits per heavy atom. The fraction of sp³-hybridized carbons (Fsp3) is 0. The predicted molar refractivity (Wildman–Crippen MR) is 68.7 cm³/mol. The molecule has 2 aromatic carbocycles. The first kappa shape index (κ1) is 11.8. The molecule has 0 unspecified atom stereocenters. The molecule has 0 aliphatic carbocycles. The van der Waals surface area contributed by atoms with Crippen molar-refractivity contribution in [1.82, 2.24) is 0 Å². The van der Waals surface area contributed by atoms with E-state index in [1.54, 1.807) is 12.1 Å². The second-order valence-corrected chi connectivity index (χ2v) is 3.70. The third-order valence-electron chi connectivity index (χ3n) is 2.36. The molecule has 5 N–H and O–H groups in total. The zero-order chi connectivity index (χ0) is 13.1. The lowest BCUT2D eigenvalue weighted by Gasteiger charge is -2.11. The van der Waals surface area contributed by atoms with Crippen LogP contribution in [-0.2, 0) is 0 Å². The summed E-state index contributed by atoms with van der Waals surface area (Å²) < 4.78 is 5.53. The van der Waals surface area contributed by atoms with E-state index in [-0.39, 0.29) is 22.7 Å². The van der Waals surface area contributed by atoms with Gasteiger partial charge >= 0.3 is 5.97 Å². The zero-order valence-electron chi connectivity index (χ0n) is 9.46. The third-order valence-corrected chi connectivity index (χ3v) is 2.36. The number of ether oxygens (including phenoxy) is 1. The van der Waals surface area contributed by atoms with Crippen LogP contribution >= 0.6 is 0 Å². The molecule has 18 heavy (non-hydrogen) atoms. The molecular formula is C13H12N2O3. The van der Waals surface area contributed by atoms with Crippen molar-refractivity contribution in [2.45, 2.75) is 0 Å². The van der Waals surface area contributed by atoms with Crippen LogP contribution in [0.1, 0.15) is 10.4 Å². The summed E-state index contributed by atoms with van der Waals surface area (Å²) in [4.78, 5) is 10.8. The summed E-state index contributed by atoms with van der Waals surface area (Å²) in [7, 11) is 0. The lowest BCUT2D eigenvalue weighted by atomic mass is 10.1. The second kappa shape index (κ2) is 4.67. The highest BCUT2D eigenvalue weighted by Crippen LogP contribution is 2.34. The molecule has 0 heterocycles. The standard InChI is InChI=1S/C13H12N2O3/c14-10-6-8(13(16)17)7-11(15)12(10)18-9-4-2-1-3-5-9/h1-7H,14-15H2,(H,16,17). The molecule has 0 amide bonds. The van der Waals surface area contributed by atoms with Crippen molar-refractivity contribution in [2.75, 3.05) is 11.5 Å². The minimum absolute atomic E-state index is 0.0328. The van der Waals surface area contributed by atoms with Gasteiger partial charge in [0.1, 0.15) is 5.75 Å². The topological polar surface area (TPSA) is 98.6 Å². The lowest BCUT2D eigenvalue weighted by molar-refractivity contribution is 0.0697. The summed E-state index contributed by atoms with van der Waals surface area (Å²) in [5, 5.41) is 8.86. The van der Waals surface area contributed by atoms with Crippen molar-refractivity contribution >= 4 is 17.3 Å². The van der Waals surface area contributed by atoms with E-state index in [9.17, 15) is 4.79 Å². The van der Waals surface area contributed by atoms with Gasteiger partial charge in [-0.1, -0.05) is 18.2 Å². The van der Waals surface area contributed by atoms with Gasteiger partial charge in [-0.25, -0.2) is 4.79 Å². The Bertz CT molecular complexity index is 559. The minimum atomic E-state index is -1.08. The SMILES string of the molecule is Nc1cc(C(=O)O)cc(N)c1Oc1ccccc1. The molecule has 0 aliphatic rings. The minimum Gasteiger partial charge on any atom is -0.478 e. The van der Waals surface area contributed by atoms with Crippen LogP contribution < -0.4 is 16.2 Å². The van der Waals surface area contributed by atoms with Crippen LogP contribution in [0.15, 0.2) is 42.5 Å². The number of anilines is 2. The number of carboxylic acids is 1. The van der Waals surface area contributed by atoms with Crippen LogP contribution in [0, 0.1) is 0 Å². The van der Waals surface area contributed by atoms with Crippen LogP contribution in [0.25, 0.3) is 0 Å². The average Bonchev–Trinajstić information content (AvgIpc) is 2.34. The van der Waals surface area contributed by atoms with E-state index in [0.29, 0.717) is 5.75 Å². The van der Waals surface area contributed by atoms with Crippen LogP contribution in [0.4, 0.5) is 11.4 Å². The fourth-order valence-electron chi connectivity index (χ4n) is 1.52. The molecule has 0 atom stereocenters. The van der Waals surface area contributed by atoms with Gasteiger partial charge in [0.2, 0.25) is 0 Å². The Hall–Kier alpha value is -2.69. The Morgan fingerprint density at radius 1 is 1.06 bits per heavy atom. The van der Waals surface area contributed by atoms with Crippen LogP contribution in [0.3, 0.4) is 0 Å². The first-order valence-corrected chi connectivity index (χ1v) is 5.23. The zero-order valence-corrected chi connectivity index (χ0v) is 9.46. The summed E-state index contributed by atoms with van der Waals surface area (Å²) in [6, 6.07) is 11.6. The maximum atomic E-state index is 10.8. The Morgan fingerprint density at radius 3 is 2.11 bits per heavy atom. The van der Waals surface area contributed by atoms with Crippen LogP contribution in [0.5, 0.6) is 11.5 Å². The smallest absolute Gasteiger partial charge is 0.335 e. The number of para-hydroxylation sites is 1. The summed E-state index contributed by atoms with van der Waals surface area (Å²) in [5.74, 6) is -0.232. The first-order chi connectivity index (χ1) is 8.58. The molecule has 2 aromatic rings. The van der Waals surface area contributed by atoms with E-state index >= 15 is 0 Å². The number of nitrogen functional groups attached to an aromatic ring is 2. The van der Waals surface area contributed by atoms with Crippen LogP contribution in [-0.4, -0.2) is 11.1 Å². The van der Waals surface area contributed by atoms with Crippen molar-refractivity contribution in [1.29, 1.82) is 0 Å². The lowest BCUT2D eigenvalue weighted by Crippen LogP contribution is -2.03. The number of nitrogens with two attached hydrogens (primary N) is 2. The summed E-state index contributed by atoms with van der Waals surface area (Å²) in [6.07, 6.45) is 0. The molecule has 5 nitrogen and oxygen atoms in total. The highest BCUT2D eigenvalue weighted by Gasteiger charge is 2.12. The van der Waals surface area contributed by atoms with Gasteiger partial charge in [-0.15, -0.1) is 0 Å². The van der Waals surface area contributed by atoms with Gasteiger partial charge in [0.15, 0.2) is 5.75 Å². The van der Waals surface area contributed by atoms with Gasteiger partial charge in [-0.05, 0) is 24.3 Å². The second-order valence-electron chi connectivity index (χ2n) is 3.70. The van der Waals surface area contributed by atoms with Gasteiger partial charge in [0.25, 0.3) is 0 Å². The number of rotatable bonds is 3. The largest absolute Gasteiger partial charge is 0.478 e. The molecule has 0 saturated heterocycles. The van der Waals surface area contributed by atoms with Gasteiger partial charge in [0.05, 0.1) is 16.9 Å². The quantitative estimate of drug-likeness (QED) is 0.720. The number of carbonyl (C=O) groups is 1. The molecule has 0 fully saturated rings.